The lowest BCUT2D eigenvalue weighted by atomic mass is 10.0. The van der Waals surface area contributed by atoms with Crippen LogP contribution in [0.3, 0.4) is 0 Å². The van der Waals surface area contributed by atoms with Gasteiger partial charge in [0.2, 0.25) is 5.91 Å². The third kappa shape index (κ3) is 6.63. The fourth-order valence-corrected chi connectivity index (χ4v) is 2.46. The third-order valence-electron chi connectivity index (χ3n) is 4.06. The number of rotatable bonds is 10. The van der Waals surface area contributed by atoms with Crippen LogP contribution in [0.4, 0.5) is 5.69 Å². The standard InChI is InChI=1S/C20H27N3O3/c1-15(2)17(23-16-8-4-3-5-9-16)14-22-19(24)11-6-12-21-20(25)18-10-7-13-26-18/h3-5,7-10,13,15,17,23H,6,11-12,14H2,1-2H3,(H,21,25)(H,22,24). The summed E-state index contributed by atoms with van der Waals surface area (Å²) in [5.41, 5.74) is 1.04. The molecule has 26 heavy (non-hydrogen) atoms. The number of anilines is 1. The average Bonchev–Trinajstić information content (AvgIpc) is 3.17. The van der Waals surface area contributed by atoms with Gasteiger partial charge in [0.15, 0.2) is 5.76 Å². The zero-order chi connectivity index (χ0) is 18.8. The highest BCUT2D eigenvalue weighted by atomic mass is 16.3. The molecule has 2 amide bonds. The summed E-state index contributed by atoms with van der Waals surface area (Å²) in [4.78, 5) is 23.7. The summed E-state index contributed by atoms with van der Waals surface area (Å²) in [5.74, 6) is 0.379. The van der Waals surface area contributed by atoms with E-state index in [0.29, 0.717) is 31.8 Å². The molecule has 3 N–H and O–H groups in total. The largest absolute Gasteiger partial charge is 0.459 e. The van der Waals surface area contributed by atoms with Crippen LogP contribution in [0.2, 0.25) is 0 Å². The second-order valence-electron chi connectivity index (χ2n) is 6.50. The number of furan rings is 1. The number of carbonyl (C=O) groups is 2. The maximum Gasteiger partial charge on any atom is 0.286 e. The lowest BCUT2D eigenvalue weighted by Crippen LogP contribution is -2.39. The highest BCUT2D eigenvalue weighted by Gasteiger charge is 2.14. The Bertz CT molecular complexity index is 669. The van der Waals surface area contributed by atoms with Crippen molar-refractivity contribution in [3.05, 3.63) is 54.5 Å². The van der Waals surface area contributed by atoms with Gasteiger partial charge in [0.25, 0.3) is 5.91 Å². The van der Waals surface area contributed by atoms with Gasteiger partial charge < -0.3 is 20.4 Å². The third-order valence-corrected chi connectivity index (χ3v) is 4.06. The van der Waals surface area contributed by atoms with Gasteiger partial charge in [-0.3, -0.25) is 9.59 Å². The summed E-state index contributed by atoms with van der Waals surface area (Å²) in [6.45, 7) is 5.24. The molecular weight excluding hydrogens is 330 g/mol. The molecule has 0 bridgehead atoms. The van der Waals surface area contributed by atoms with Crippen LogP contribution in [0.5, 0.6) is 0 Å². The van der Waals surface area contributed by atoms with E-state index in [9.17, 15) is 9.59 Å². The molecule has 0 saturated heterocycles. The van der Waals surface area contributed by atoms with Gasteiger partial charge in [0, 0.05) is 31.2 Å². The lowest BCUT2D eigenvalue weighted by molar-refractivity contribution is -0.121. The zero-order valence-corrected chi connectivity index (χ0v) is 15.3. The van der Waals surface area contributed by atoms with Crippen molar-refractivity contribution in [2.24, 2.45) is 5.92 Å². The molecule has 0 saturated carbocycles. The van der Waals surface area contributed by atoms with E-state index in [1.807, 2.05) is 30.3 Å². The molecule has 6 heteroatoms. The molecule has 0 fully saturated rings. The molecule has 0 aliphatic carbocycles. The van der Waals surface area contributed by atoms with Gasteiger partial charge in [-0.15, -0.1) is 0 Å². The van der Waals surface area contributed by atoms with Crippen molar-refractivity contribution in [2.45, 2.75) is 32.7 Å². The molecule has 2 rings (SSSR count). The molecule has 1 aromatic heterocycles. The highest BCUT2D eigenvalue weighted by Crippen LogP contribution is 2.11. The number of para-hydroxylation sites is 1. The first-order valence-electron chi connectivity index (χ1n) is 8.96. The summed E-state index contributed by atoms with van der Waals surface area (Å²) in [7, 11) is 0. The summed E-state index contributed by atoms with van der Waals surface area (Å²) in [6, 6.07) is 13.4. The molecule has 0 radical (unpaired) electrons. The van der Waals surface area contributed by atoms with Gasteiger partial charge in [0.1, 0.15) is 0 Å². The van der Waals surface area contributed by atoms with Crippen molar-refractivity contribution in [3.63, 3.8) is 0 Å². The first-order valence-corrected chi connectivity index (χ1v) is 8.96. The van der Waals surface area contributed by atoms with E-state index in [0.717, 1.165) is 5.69 Å². The van der Waals surface area contributed by atoms with Crippen molar-refractivity contribution in [2.75, 3.05) is 18.4 Å². The Morgan fingerprint density at radius 1 is 1.04 bits per heavy atom. The van der Waals surface area contributed by atoms with Gasteiger partial charge in [-0.25, -0.2) is 0 Å². The van der Waals surface area contributed by atoms with Crippen LogP contribution in [-0.4, -0.2) is 30.9 Å². The van der Waals surface area contributed by atoms with Crippen molar-refractivity contribution >= 4 is 17.5 Å². The normalized spacial score (nSPS) is 11.8. The van der Waals surface area contributed by atoms with Crippen LogP contribution in [0.1, 0.15) is 37.2 Å². The van der Waals surface area contributed by atoms with Crippen LogP contribution in [-0.2, 0) is 4.79 Å². The van der Waals surface area contributed by atoms with Gasteiger partial charge in [-0.1, -0.05) is 32.0 Å². The van der Waals surface area contributed by atoms with Gasteiger partial charge in [0.05, 0.1) is 6.26 Å². The molecule has 0 aliphatic heterocycles. The summed E-state index contributed by atoms with van der Waals surface area (Å²) < 4.78 is 5.01. The van der Waals surface area contributed by atoms with E-state index in [2.05, 4.69) is 29.8 Å². The molecule has 1 unspecified atom stereocenters. The maximum absolute atomic E-state index is 12.0. The minimum Gasteiger partial charge on any atom is -0.459 e. The highest BCUT2D eigenvalue weighted by molar-refractivity contribution is 5.91. The molecule has 1 aromatic carbocycles. The van der Waals surface area contributed by atoms with Crippen LogP contribution < -0.4 is 16.0 Å². The Kier molecular flexibility index (Phi) is 7.74. The molecule has 140 valence electrons. The van der Waals surface area contributed by atoms with Crippen molar-refractivity contribution < 1.29 is 14.0 Å². The quantitative estimate of drug-likeness (QED) is 0.571. The first kappa shape index (κ1) is 19.6. The Hall–Kier alpha value is -2.76. The van der Waals surface area contributed by atoms with Gasteiger partial charge in [-0.05, 0) is 36.6 Å². The van der Waals surface area contributed by atoms with Crippen LogP contribution in [0.15, 0.2) is 53.1 Å². The predicted molar refractivity (Wildman–Crippen MR) is 102 cm³/mol. The second kappa shape index (κ2) is 10.3. The number of nitrogens with one attached hydrogen (secondary N) is 3. The van der Waals surface area contributed by atoms with E-state index >= 15 is 0 Å². The fourth-order valence-electron chi connectivity index (χ4n) is 2.46. The number of hydrogen-bond donors (Lipinski definition) is 3. The maximum atomic E-state index is 12.0. The number of amides is 2. The minimum atomic E-state index is -0.262. The van der Waals surface area contributed by atoms with Crippen molar-refractivity contribution in [3.8, 4) is 0 Å². The Morgan fingerprint density at radius 2 is 1.81 bits per heavy atom. The van der Waals surface area contributed by atoms with E-state index in [4.69, 9.17) is 4.42 Å². The average molecular weight is 357 g/mol. The number of benzene rings is 1. The SMILES string of the molecule is CC(C)C(CNC(=O)CCCNC(=O)c1ccco1)Nc1ccccc1. The molecule has 0 aliphatic rings. The van der Waals surface area contributed by atoms with Crippen LogP contribution in [0, 0.1) is 5.92 Å². The van der Waals surface area contributed by atoms with Crippen molar-refractivity contribution in [1.29, 1.82) is 0 Å². The fraction of sp³-hybridized carbons (Fsp3) is 0.400. The molecule has 6 nitrogen and oxygen atoms in total. The predicted octanol–water partition coefficient (Wildman–Crippen LogP) is 3.04. The van der Waals surface area contributed by atoms with E-state index in [1.165, 1.54) is 6.26 Å². The van der Waals surface area contributed by atoms with Crippen LogP contribution in [0.25, 0.3) is 0 Å². The van der Waals surface area contributed by atoms with Crippen LogP contribution >= 0.6 is 0 Å². The van der Waals surface area contributed by atoms with Gasteiger partial charge in [-0.2, -0.15) is 0 Å². The topological polar surface area (TPSA) is 83.4 Å². The summed E-state index contributed by atoms with van der Waals surface area (Å²) in [6.07, 6.45) is 2.41. The Balaban J connectivity index is 1.65. The smallest absolute Gasteiger partial charge is 0.286 e. The van der Waals surface area contributed by atoms with Gasteiger partial charge >= 0.3 is 0 Å². The molecular formula is C20H27N3O3. The number of hydrogen-bond acceptors (Lipinski definition) is 4. The molecule has 0 spiro atoms. The molecule has 1 heterocycles. The molecule has 2 aromatic rings. The van der Waals surface area contributed by atoms with E-state index in [1.54, 1.807) is 12.1 Å². The summed E-state index contributed by atoms with van der Waals surface area (Å²) >= 11 is 0. The van der Waals surface area contributed by atoms with E-state index in [-0.39, 0.29) is 23.6 Å². The first-order chi connectivity index (χ1) is 12.6. The Labute approximate surface area is 154 Å². The van der Waals surface area contributed by atoms with E-state index < -0.39 is 0 Å². The minimum absolute atomic E-state index is 0.0160. The molecule has 1 atom stereocenters. The second-order valence-corrected chi connectivity index (χ2v) is 6.50. The summed E-state index contributed by atoms with van der Waals surface area (Å²) in [5, 5.41) is 9.15. The number of carbonyl (C=O) groups excluding carboxylic acids is 2. The zero-order valence-electron chi connectivity index (χ0n) is 15.3. The monoisotopic (exact) mass is 357 g/mol. The Morgan fingerprint density at radius 3 is 2.46 bits per heavy atom. The lowest BCUT2D eigenvalue weighted by Gasteiger charge is -2.24. The van der Waals surface area contributed by atoms with Crippen molar-refractivity contribution in [1.82, 2.24) is 10.6 Å².